The Balaban J connectivity index is 1.73. The van der Waals surface area contributed by atoms with Crippen molar-refractivity contribution in [2.75, 3.05) is 13.1 Å². The van der Waals surface area contributed by atoms with Crippen LogP contribution in [0.25, 0.3) is 0 Å². The summed E-state index contributed by atoms with van der Waals surface area (Å²) in [5, 5.41) is 3.57. The van der Waals surface area contributed by atoms with Gasteiger partial charge in [-0.05, 0) is 18.9 Å². The van der Waals surface area contributed by atoms with E-state index < -0.39 is 0 Å². The van der Waals surface area contributed by atoms with E-state index in [1.54, 1.807) is 23.5 Å². The van der Waals surface area contributed by atoms with Gasteiger partial charge in [0.15, 0.2) is 0 Å². The molecule has 0 saturated carbocycles. The molecule has 19 heavy (non-hydrogen) atoms. The monoisotopic (exact) mass is 258 g/mol. The van der Waals surface area contributed by atoms with Crippen LogP contribution in [0.1, 0.15) is 35.0 Å². The third-order valence-corrected chi connectivity index (χ3v) is 3.38. The smallest absolute Gasteiger partial charge is 0.292 e. The molecule has 2 aromatic rings. The first-order chi connectivity index (χ1) is 9.34. The predicted molar refractivity (Wildman–Crippen MR) is 66.4 cm³/mol. The third kappa shape index (κ3) is 2.47. The van der Waals surface area contributed by atoms with E-state index >= 15 is 0 Å². The van der Waals surface area contributed by atoms with Crippen LogP contribution in [0.4, 0.5) is 0 Å². The highest BCUT2D eigenvalue weighted by Gasteiger charge is 2.27. The third-order valence-electron chi connectivity index (χ3n) is 3.38. The first-order valence-electron chi connectivity index (χ1n) is 6.30. The minimum Gasteiger partial charge on any atom is -0.351 e. The Morgan fingerprint density at radius 2 is 2.32 bits per heavy atom. The van der Waals surface area contributed by atoms with Gasteiger partial charge in [0.05, 0.1) is 6.20 Å². The van der Waals surface area contributed by atoms with E-state index in [2.05, 4.69) is 15.1 Å². The fourth-order valence-electron chi connectivity index (χ4n) is 2.43. The molecule has 1 aliphatic rings. The summed E-state index contributed by atoms with van der Waals surface area (Å²) >= 11 is 0. The van der Waals surface area contributed by atoms with Gasteiger partial charge in [-0.2, -0.15) is 0 Å². The van der Waals surface area contributed by atoms with Crippen LogP contribution in [0.5, 0.6) is 0 Å². The zero-order valence-corrected chi connectivity index (χ0v) is 10.4. The van der Waals surface area contributed by atoms with Crippen LogP contribution in [0.2, 0.25) is 0 Å². The van der Waals surface area contributed by atoms with Crippen LogP contribution in [0, 0.1) is 0 Å². The largest absolute Gasteiger partial charge is 0.351 e. The number of rotatable bonds is 2. The quantitative estimate of drug-likeness (QED) is 0.816. The Hall–Kier alpha value is -2.24. The van der Waals surface area contributed by atoms with Crippen LogP contribution in [-0.2, 0) is 0 Å². The second-order valence-electron chi connectivity index (χ2n) is 4.60. The molecule has 0 aromatic carbocycles. The van der Waals surface area contributed by atoms with Crippen molar-refractivity contribution >= 4 is 5.91 Å². The Morgan fingerprint density at radius 1 is 1.37 bits per heavy atom. The predicted octanol–water partition coefficient (Wildman–Crippen LogP) is 1.48. The highest BCUT2D eigenvalue weighted by Crippen LogP contribution is 2.25. The van der Waals surface area contributed by atoms with Crippen LogP contribution in [0.3, 0.4) is 0 Å². The number of amides is 1. The van der Waals surface area contributed by atoms with Gasteiger partial charge in [-0.1, -0.05) is 5.16 Å². The molecule has 0 spiro atoms. The first-order valence-corrected chi connectivity index (χ1v) is 6.30. The second kappa shape index (κ2) is 5.17. The summed E-state index contributed by atoms with van der Waals surface area (Å²) < 4.78 is 4.92. The van der Waals surface area contributed by atoms with E-state index in [9.17, 15) is 4.79 Å². The molecule has 0 aliphatic carbocycles. The first kappa shape index (κ1) is 11.8. The molecule has 1 saturated heterocycles. The van der Waals surface area contributed by atoms with E-state index in [0.29, 0.717) is 12.3 Å². The van der Waals surface area contributed by atoms with Crippen molar-refractivity contribution in [3.8, 4) is 0 Å². The summed E-state index contributed by atoms with van der Waals surface area (Å²) in [5.74, 6) is 0.461. The standard InChI is InChI=1S/C13H14N4O2/c18-13(12-4-6-16-19-12)17-7-1-2-10(8-17)11-3-5-14-9-15-11/h3-6,9-10H,1-2,7-8H2. The SMILES string of the molecule is O=C(c1ccno1)N1CCCC(c2ccncn2)C1. The fourth-order valence-corrected chi connectivity index (χ4v) is 2.43. The Labute approximate surface area is 110 Å². The van der Waals surface area contributed by atoms with E-state index in [1.165, 1.54) is 6.20 Å². The summed E-state index contributed by atoms with van der Waals surface area (Å²) in [5.41, 5.74) is 0.991. The molecule has 3 heterocycles. The number of piperidine rings is 1. The van der Waals surface area contributed by atoms with Gasteiger partial charge in [-0.25, -0.2) is 9.97 Å². The number of nitrogens with zero attached hydrogens (tertiary/aromatic N) is 4. The molecule has 1 atom stereocenters. The zero-order valence-electron chi connectivity index (χ0n) is 10.4. The van der Waals surface area contributed by atoms with Crippen molar-refractivity contribution in [2.45, 2.75) is 18.8 Å². The maximum atomic E-state index is 12.2. The zero-order chi connectivity index (χ0) is 13.1. The minimum atomic E-state index is -0.101. The van der Waals surface area contributed by atoms with Gasteiger partial charge in [0.1, 0.15) is 6.33 Å². The van der Waals surface area contributed by atoms with E-state index in [0.717, 1.165) is 25.1 Å². The minimum absolute atomic E-state index is 0.101. The molecule has 3 rings (SSSR count). The molecule has 1 unspecified atom stereocenters. The lowest BCUT2D eigenvalue weighted by molar-refractivity contribution is 0.0664. The molecule has 6 heteroatoms. The van der Waals surface area contributed by atoms with Crippen molar-refractivity contribution in [3.05, 3.63) is 42.3 Å². The maximum Gasteiger partial charge on any atom is 0.292 e. The lowest BCUT2D eigenvalue weighted by Crippen LogP contribution is -2.39. The van der Waals surface area contributed by atoms with Crippen LogP contribution >= 0.6 is 0 Å². The van der Waals surface area contributed by atoms with Crippen molar-refractivity contribution in [1.29, 1.82) is 0 Å². The molecule has 1 aliphatic heterocycles. The van der Waals surface area contributed by atoms with Gasteiger partial charge >= 0.3 is 0 Å². The molecule has 0 radical (unpaired) electrons. The fraction of sp³-hybridized carbons (Fsp3) is 0.385. The second-order valence-corrected chi connectivity index (χ2v) is 4.60. The number of carbonyl (C=O) groups excluding carboxylic acids is 1. The van der Waals surface area contributed by atoms with Crippen molar-refractivity contribution in [3.63, 3.8) is 0 Å². The topological polar surface area (TPSA) is 72.1 Å². The van der Waals surface area contributed by atoms with Gasteiger partial charge in [0.2, 0.25) is 5.76 Å². The lowest BCUT2D eigenvalue weighted by Gasteiger charge is -2.31. The van der Waals surface area contributed by atoms with Gasteiger partial charge in [-0.3, -0.25) is 4.79 Å². The molecular formula is C13H14N4O2. The molecular weight excluding hydrogens is 244 g/mol. The highest BCUT2D eigenvalue weighted by molar-refractivity contribution is 5.91. The Kier molecular flexibility index (Phi) is 3.22. The average Bonchev–Trinajstić information content (AvgIpc) is 3.02. The summed E-state index contributed by atoms with van der Waals surface area (Å²) in [6.45, 7) is 1.41. The van der Waals surface area contributed by atoms with E-state index in [1.807, 2.05) is 6.07 Å². The van der Waals surface area contributed by atoms with Gasteiger partial charge < -0.3 is 9.42 Å². The van der Waals surface area contributed by atoms with E-state index in [-0.39, 0.29) is 11.8 Å². The summed E-state index contributed by atoms with van der Waals surface area (Å²) in [4.78, 5) is 22.2. The summed E-state index contributed by atoms with van der Waals surface area (Å²) in [6.07, 6.45) is 6.77. The van der Waals surface area contributed by atoms with E-state index in [4.69, 9.17) is 4.52 Å². The Morgan fingerprint density at radius 3 is 3.05 bits per heavy atom. The Bertz CT molecular complexity index is 541. The molecule has 0 N–H and O–H groups in total. The number of likely N-dealkylation sites (tertiary alicyclic amines) is 1. The number of hydrogen-bond acceptors (Lipinski definition) is 5. The lowest BCUT2D eigenvalue weighted by atomic mass is 9.94. The van der Waals surface area contributed by atoms with Crippen molar-refractivity contribution in [1.82, 2.24) is 20.0 Å². The van der Waals surface area contributed by atoms with Crippen LogP contribution in [0.15, 0.2) is 35.4 Å². The molecule has 98 valence electrons. The van der Waals surface area contributed by atoms with Crippen LogP contribution < -0.4 is 0 Å². The summed E-state index contributed by atoms with van der Waals surface area (Å²) in [6, 6.07) is 3.50. The van der Waals surface area contributed by atoms with Gasteiger partial charge in [-0.15, -0.1) is 0 Å². The van der Waals surface area contributed by atoms with Gasteiger partial charge in [0, 0.05) is 37.0 Å². The van der Waals surface area contributed by atoms with Gasteiger partial charge in [0.25, 0.3) is 5.91 Å². The molecule has 2 aromatic heterocycles. The van der Waals surface area contributed by atoms with Crippen molar-refractivity contribution < 1.29 is 9.32 Å². The average molecular weight is 258 g/mol. The molecule has 1 fully saturated rings. The highest BCUT2D eigenvalue weighted by atomic mass is 16.5. The number of aromatic nitrogens is 3. The molecule has 6 nitrogen and oxygen atoms in total. The van der Waals surface area contributed by atoms with Crippen LogP contribution in [-0.4, -0.2) is 39.0 Å². The number of hydrogen-bond donors (Lipinski definition) is 0. The number of carbonyl (C=O) groups is 1. The molecule has 0 bridgehead atoms. The normalized spacial score (nSPS) is 19.4. The molecule has 1 amide bonds. The van der Waals surface area contributed by atoms with Crippen molar-refractivity contribution in [2.24, 2.45) is 0 Å². The summed E-state index contributed by atoms with van der Waals surface area (Å²) in [7, 11) is 0. The maximum absolute atomic E-state index is 12.2.